The molecular formula is C32H52N4O7S. The van der Waals surface area contributed by atoms with Gasteiger partial charge in [-0.15, -0.1) is 0 Å². The molecule has 0 saturated carbocycles. The predicted molar refractivity (Wildman–Crippen MR) is 173 cm³/mol. The Labute approximate surface area is 266 Å². The molecule has 0 aliphatic heterocycles. The minimum absolute atomic E-state index is 0.0971. The molecule has 0 radical (unpaired) electrons. The van der Waals surface area contributed by atoms with Gasteiger partial charge in [-0.05, 0) is 63.0 Å². The molecule has 0 aromatic heterocycles. The van der Waals surface area contributed by atoms with E-state index < -0.39 is 59.6 Å². The first-order chi connectivity index (χ1) is 20.6. The van der Waals surface area contributed by atoms with E-state index in [4.69, 9.17) is 9.47 Å². The van der Waals surface area contributed by atoms with E-state index in [2.05, 4.69) is 21.3 Å². The van der Waals surface area contributed by atoms with Gasteiger partial charge in [0.1, 0.15) is 29.8 Å². The van der Waals surface area contributed by atoms with Gasteiger partial charge in [-0.25, -0.2) is 9.59 Å². The summed E-state index contributed by atoms with van der Waals surface area (Å²) in [5.74, 6) is -1.82. The number of nitrogens with one attached hydrogen (secondary N) is 4. The Balaban J connectivity index is 3.26. The summed E-state index contributed by atoms with van der Waals surface area (Å²) in [4.78, 5) is 65.7. The highest BCUT2D eigenvalue weighted by molar-refractivity contribution is 7.98. The zero-order chi connectivity index (χ0) is 33.4. The number of rotatable bonds is 17. The molecule has 0 fully saturated rings. The zero-order valence-electron chi connectivity index (χ0n) is 27.7. The van der Waals surface area contributed by atoms with E-state index >= 15 is 0 Å². The van der Waals surface area contributed by atoms with Crippen molar-refractivity contribution in [1.82, 2.24) is 21.3 Å². The fourth-order valence-corrected chi connectivity index (χ4v) is 4.80. The Hall–Kier alpha value is -3.28. The fourth-order valence-electron chi connectivity index (χ4n) is 4.33. The highest BCUT2D eigenvalue weighted by Gasteiger charge is 2.34. The number of hydrogen-bond acceptors (Lipinski definition) is 8. The van der Waals surface area contributed by atoms with Crippen molar-refractivity contribution < 1.29 is 33.4 Å². The van der Waals surface area contributed by atoms with Gasteiger partial charge in [0.2, 0.25) is 17.7 Å². The monoisotopic (exact) mass is 636 g/mol. The zero-order valence-corrected chi connectivity index (χ0v) is 28.5. The minimum Gasteiger partial charge on any atom is -0.467 e. The van der Waals surface area contributed by atoms with Crippen molar-refractivity contribution in [2.75, 3.05) is 19.1 Å². The third-order valence-electron chi connectivity index (χ3n) is 6.84. The Kier molecular flexibility index (Phi) is 16.9. The van der Waals surface area contributed by atoms with Crippen molar-refractivity contribution in [2.24, 2.45) is 11.8 Å². The molecule has 1 rings (SSSR count). The van der Waals surface area contributed by atoms with Gasteiger partial charge >= 0.3 is 12.1 Å². The Morgan fingerprint density at radius 3 is 1.95 bits per heavy atom. The second-order valence-corrected chi connectivity index (χ2v) is 13.3. The number of thioether (sulfide) groups is 1. The number of benzene rings is 1. The van der Waals surface area contributed by atoms with Gasteiger partial charge in [0.15, 0.2) is 0 Å². The fraction of sp³-hybridized carbons (Fsp3) is 0.656. The maximum atomic E-state index is 13.8. The summed E-state index contributed by atoms with van der Waals surface area (Å²) in [6, 6.07) is 5.33. The van der Waals surface area contributed by atoms with Crippen molar-refractivity contribution in [3.8, 4) is 0 Å². The maximum absolute atomic E-state index is 13.8. The van der Waals surface area contributed by atoms with Gasteiger partial charge in [0, 0.05) is 6.42 Å². The second-order valence-electron chi connectivity index (χ2n) is 12.3. The highest BCUT2D eigenvalue weighted by Crippen LogP contribution is 2.13. The molecule has 248 valence electrons. The number of amides is 4. The largest absolute Gasteiger partial charge is 0.467 e. The third kappa shape index (κ3) is 14.5. The number of esters is 1. The molecule has 0 aliphatic carbocycles. The van der Waals surface area contributed by atoms with Crippen molar-refractivity contribution in [1.29, 1.82) is 0 Å². The third-order valence-corrected chi connectivity index (χ3v) is 7.48. The molecule has 12 heteroatoms. The van der Waals surface area contributed by atoms with Crippen LogP contribution in [0.25, 0.3) is 0 Å². The molecule has 4 amide bonds. The topological polar surface area (TPSA) is 152 Å². The second kappa shape index (κ2) is 19.2. The van der Waals surface area contributed by atoms with Crippen molar-refractivity contribution >= 4 is 41.5 Å². The molecule has 4 N–H and O–H groups in total. The molecule has 5 atom stereocenters. The van der Waals surface area contributed by atoms with Gasteiger partial charge < -0.3 is 30.7 Å². The molecule has 11 nitrogen and oxygen atoms in total. The molecule has 0 heterocycles. The van der Waals surface area contributed by atoms with Gasteiger partial charge in [-0.1, -0.05) is 64.4 Å². The molecule has 1 aromatic rings. The van der Waals surface area contributed by atoms with Crippen LogP contribution in [-0.2, 0) is 35.1 Å². The minimum atomic E-state index is -1.04. The Bertz CT molecular complexity index is 1080. The van der Waals surface area contributed by atoms with Crippen LogP contribution in [0, 0.1) is 11.8 Å². The summed E-state index contributed by atoms with van der Waals surface area (Å²) in [7, 11) is 1.26. The number of hydrogen-bond donors (Lipinski definition) is 4. The quantitative estimate of drug-likeness (QED) is 0.189. The Morgan fingerprint density at radius 2 is 1.43 bits per heavy atom. The lowest BCUT2D eigenvalue weighted by Crippen LogP contribution is -2.60. The van der Waals surface area contributed by atoms with Crippen LogP contribution < -0.4 is 21.3 Å². The first kappa shape index (κ1) is 38.7. The van der Waals surface area contributed by atoms with E-state index in [0.717, 1.165) is 5.56 Å². The standard InChI is InChI=1S/C32H52N4O7S/c1-10-21(4)26(36-27(37)23(16-17-44-9)35-31(41)43-32(5,6)7)29(39)33-24(19-22-14-12-11-13-15-22)28(38)34-25(18-20(2)3)30(40)42-8/h11-15,20-21,23-26H,10,16-19H2,1-9H3,(H,33,39)(H,34,38)(H,35,41)(H,36,37)/t21-,23-,24-,25-,26-/m0/s1. The Morgan fingerprint density at radius 1 is 0.841 bits per heavy atom. The van der Waals surface area contributed by atoms with Crippen LogP contribution in [0.5, 0.6) is 0 Å². The van der Waals surface area contributed by atoms with E-state index in [9.17, 15) is 24.0 Å². The van der Waals surface area contributed by atoms with E-state index in [1.165, 1.54) is 18.9 Å². The lowest BCUT2D eigenvalue weighted by atomic mass is 9.96. The van der Waals surface area contributed by atoms with E-state index in [1.807, 2.05) is 64.3 Å². The number of methoxy groups -OCH3 is 1. The number of carbonyl (C=O) groups is 5. The molecular weight excluding hydrogens is 584 g/mol. The summed E-state index contributed by atoms with van der Waals surface area (Å²) in [6.45, 7) is 12.7. The maximum Gasteiger partial charge on any atom is 0.408 e. The predicted octanol–water partition coefficient (Wildman–Crippen LogP) is 3.60. The summed E-state index contributed by atoms with van der Waals surface area (Å²) in [5.41, 5.74) is 0.0504. The van der Waals surface area contributed by atoms with Crippen LogP contribution >= 0.6 is 11.8 Å². The molecule has 0 aliphatic rings. The number of ether oxygens (including phenoxy) is 2. The van der Waals surface area contributed by atoms with Crippen molar-refractivity contribution in [3.63, 3.8) is 0 Å². The lowest BCUT2D eigenvalue weighted by molar-refractivity contribution is -0.146. The average molecular weight is 637 g/mol. The van der Waals surface area contributed by atoms with Crippen LogP contribution in [0.3, 0.4) is 0 Å². The average Bonchev–Trinajstić information content (AvgIpc) is 2.95. The number of carbonyl (C=O) groups excluding carboxylic acids is 5. The molecule has 0 unspecified atom stereocenters. The van der Waals surface area contributed by atoms with Crippen LogP contribution in [0.1, 0.15) is 73.3 Å². The first-order valence-electron chi connectivity index (χ1n) is 15.1. The van der Waals surface area contributed by atoms with Gasteiger partial charge in [-0.2, -0.15) is 11.8 Å². The van der Waals surface area contributed by atoms with Crippen molar-refractivity contribution in [2.45, 2.75) is 104 Å². The molecule has 0 saturated heterocycles. The van der Waals surface area contributed by atoms with Crippen LogP contribution in [0.4, 0.5) is 4.79 Å². The van der Waals surface area contributed by atoms with Crippen molar-refractivity contribution in [3.05, 3.63) is 35.9 Å². The van der Waals surface area contributed by atoms with Crippen LogP contribution in [0.2, 0.25) is 0 Å². The highest BCUT2D eigenvalue weighted by atomic mass is 32.2. The summed E-state index contributed by atoms with van der Waals surface area (Å²) in [6.07, 6.45) is 2.56. The molecule has 0 spiro atoms. The molecule has 1 aromatic carbocycles. The molecule has 0 bridgehead atoms. The molecule has 44 heavy (non-hydrogen) atoms. The smallest absolute Gasteiger partial charge is 0.408 e. The van der Waals surface area contributed by atoms with Crippen LogP contribution in [0.15, 0.2) is 30.3 Å². The van der Waals surface area contributed by atoms with E-state index in [0.29, 0.717) is 25.0 Å². The SMILES string of the molecule is CC[C@H](C)[C@H](NC(=O)[C@H](CCSC)NC(=O)OC(C)(C)C)C(=O)N[C@@H](Cc1ccccc1)C(=O)N[C@@H](CC(C)C)C(=O)OC. The van der Waals surface area contributed by atoms with Gasteiger partial charge in [0.25, 0.3) is 0 Å². The van der Waals surface area contributed by atoms with Gasteiger partial charge in [-0.3, -0.25) is 14.4 Å². The number of alkyl carbamates (subject to hydrolysis) is 1. The summed E-state index contributed by atoms with van der Waals surface area (Å²) >= 11 is 1.52. The van der Waals surface area contributed by atoms with E-state index in [-0.39, 0.29) is 18.3 Å². The van der Waals surface area contributed by atoms with E-state index in [1.54, 1.807) is 20.8 Å². The van der Waals surface area contributed by atoms with Crippen LogP contribution in [-0.4, -0.2) is 78.7 Å². The summed E-state index contributed by atoms with van der Waals surface area (Å²) in [5, 5.41) is 11.0. The lowest BCUT2D eigenvalue weighted by Gasteiger charge is -2.29. The summed E-state index contributed by atoms with van der Waals surface area (Å²) < 4.78 is 10.2. The van der Waals surface area contributed by atoms with Gasteiger partial charge in [0.05, 0.1) is 7.11 Å². The first-order valence-corrected chi connectivity index (χ1v) is 16.5. The normalized spacial score (nSPS) is 14.8.